The highest BCUT2D eigenvalue weighted by Gasteiger charge is 2.37. The minimum absolute atomic E-state index is 0.112. The second kappa shape index (κ2) is 8.07. The molecule has 1 aromatic heterocycles. The van der Waals surface area contributed by atoms with E-state index in [1.165, 1.54) is 47.6 Å². The number of hydrogen-bond acceptors (Lipinski definition) is 7. The van der Waals surface area contributed by atoms with Crippen molar-refractivity contribution in [2.45, 2.75) is 26.2 Å². The molecule has 1 unspecified atom stereocenters. The maximum atomic E-state index is 13.3. The van der Waals surface area contributed by atoms with Crippen LogP contribution in [0.25, 0.3) is 0 Å². The third-order valence-corrected chi connectivity index (χ3v) is 4.75. The molecule has 0 radical (unpaired) electrons. The van der Waals surface area contributed by atoms with Crippen LogP contribution in [0.1, 0.15) is 36.5 Å². The Morgan fingerprint density at radius 2 is 2.00 bits per heavy atom. The van der Waals surface area contributed by atoms with E-state index in [9.17, 15) is 24.9 Å². The number of hydroxylamine groups is 1. The Morgan fingerprint density at radius 1 is 1.31 bits per heavy atom. The van der Waals surface area contributed by atoms with Crippen LogP contribution in [-0.4, -0.2) is 31.5 Å². The molecule has 0 bridgehead atoms. The van der Waals surface area contributed by atoms with E-state index in [2.05, 4.69) is 10.3 Å². The zero-order chi connectivity index (χ0) is 21.1. The van der Waals surface area contributed by atoms with E-state index >= 15 is 0 Å². The van der Waals surface area contributed by atoms with Gasteiger partial charge in [0, 0.05) is 47.4 Å². The van der Waals surface area contributed by atoms with Gasteiger partial charge in [-0.2, -0.15) is 0 Å². The summed E-state index contributed by atoms with van der Waals surface area (Å²) in [4.78, 5) is 40.1. The van der Waals surface area contributed by atoms with Gasteiger partial charge in [-0.25, -0.2) is 10.5 Å². The molecule has 1 aliphatic heterocycles. The van der Waals surface area contributed by atoms with Gasteiger partial charge in [0.15, 0.2) is 0 Å². The van der Waals surface area contributed by atoms with Gasteiger partial charge in [-0.3, -0.25) is 29.5 Å². The number of imidazole rings is 1. The van der Waals surface area contributed by atoms with Gasteiger partial charge < -0.3 is 5.32 Å². The van der Waals surface area contributed by atoms with Crippen LogP contribution >= 0.6 is 0 Å². The van der Waals surface area contributed by atoms with Gasteiger partial charge in [-0.1, -0.05) is 19.1 Å². The van der Waals surface area contributed by atoms with Crippen LogP contribution in [0.5, 0.6) is 0 Å². The Hall–Kier alpha value is -3.79. The van der Waals surface area contributed by atoms with E-state index in [4.69, 9.17) is 0 Å². The van der Waals surface area contributed by atoms with Crippen molar-refractivity contribution in [1.29, 1.82) is 0 Å². The molecular weight excluding hydrogens is 378 g/mol. The molecule has 1 atom stereocenters. The van der Waals surface area contributed by atoms with E-state index in [1.54, 1.807) is 12.4 Å². The first kappa shape index (κ1) is 20.0. The van der Waals surface area contributed by atoms with Crippen LogP contribution in [0.4, 0.5) is 5.69 Å². The number of aromatic nitrogens is 2. The summed E-state index contributed by atoms with van der Waals surface area (Å²) in [5, 5.41) is 23.3. The van der Waals surface area contributed by atoms with Gasteiger partial charge in [-0.15, -0.1) is 0 Å². The minimum atomic E-state index is -0.839. The lowest BCUT2D eigenvalue weighted by Gasteiger charge is -2.31. The van der Waals surface area contributed by atoms with Gasteiger partial charge in [-0.05, 0) is 18.9 Å². The number of carbonyl (C=O) groups excluding carboxylic acids is 2. The van der Waals surface area contributed by atoms with Crippen LogP contribution in [0, 0.1) is 10.1 Å². The molecular formula is C19H19N5O5. The third kappa shape index (κ3) is 3.65. The summed E-state index contributed by atoms with van der Waals surface area (Å²) in [6.07, 6.45) is 4.78. The lowest BCUT2D eigenvalue weighted by molar-refractivity contribution is -0.384. The normalized spacial score (nSPS) is 16.4. The molecule has 0 saturated heterocycles. The number of allylic oxidation sites excluding steroid dienone is 3. The molecule has 2 heterocycles. The first-order valence-corrected chi connectivity index (χ1v) is 8.81. The van der Waals surface area contributed by atoms with Crippen molar-refractivity contribution in [1.82, 2.24) is 20.3 Å². The van der Waals surface area contributed by atoms with Crippen molar-refractivity contribution >= 4 is 17.5 Å². The largest absolute Gasteiger partial charge is 0.362 e. The van der Waals surface area contributed by atoms with E-state index in [0.717, 1.165) is 0 Å². The smallest absolute Gasteiger partial charge is 0.273 e. The maximum Gasteiger partial charge on any atom is 0.273 e. The van der Waals surface area contributed by atoms with Crippen molar-refractivity contribution in [2.75, 3.05) is 0 Å². The molecule has 0 saturated carbocycles. The van der Waals surface area contributed by atoms with Crippen molar-refractivity contribution in [3.63, 3.8) is 0 Å². The fourth-order valence-corrected chi connectivity index (χ4v) is 3.43. The average molecular weight is 397 g/mol. The molecule has 0 spiro atoms. The lowest BCUT2D eigenvalue weighted by atomic mass is 9.79. The quantitative estimate of drug-likeness (QED) is 0.399. The summed E-state index contributed by atoms with van der Waals surface area (Å²) in [6.45, 7) is 3.53. The van der Waals surface area contributed by atoms with E-state index in [0.29, 0.717) is 29.0 Å². The second-order valence-corrected chi connectivity index (χ2v) is 6.41. The predicted octanol–water partition coefficient (Wildman–Crippen LogP) is 2.26. The standard InChI is InChI=1S/C19H19N5O5/c1-3-14-17(19(26)23-9-8-20-10-23)16(15(11(2)21-14)18(25)22-27)12-4-6-13(7-5-12)24(28)29/h4-10,16,21,27H,3H2,1-2H3,(H,22,25). The highest BCUT2D eigenvalue weighted by Crippen LogP contribution is 2.40. The molecule has 150 valence electrons. The van der Waals surface area contributed by atoms with Gasteiger partial charge in [0.25, 0.3) is 17.5 Å². The van der Waals surface area contributed by atoms with Gasteiger partial charge >= 0.3 is 0 Å². The van der Waals surface area contributed by atoms with Gasteiger partial charge in [0.05, 0.1) is 10.5 Å². The third-order valence-electron chi connectivity index (χ3n) is 4.75. The number of carbonyl (C=O) groups is 2. The highest BCUT2D eigenvalue weighted by atomic mass is 16.6. The number of non-ortho nitro benzene ring substituents is 1. The van der Waals surface area contributed by atoms with E-state index in [-0.39, 0.29) is 11.3 Å². The molecule has 1 aliphatic rings. The zero-order valence-electron chi connectivity index (χ0n) is 15.7. The number of rotatable bonds is 5. The van der Waals surface area contributed by atoms with Crippen molar-refractivity contribution in [3.8, 4) is 0 Å². The monoisotopic (exact) mass is 397 g/mol. The molecule has 10 nitrogen and oxygen atoms in total. The molecule has 29 heavy (non-hydrogen) atoms. The summed E-state index contributed by atoms with van der Waals surface area (Å²) in [5.41, 5.74) is 3.53. The van der Waals surface area contributed by atoms with E-state index < -0.39 is 22.7 Å². The minimum Gasteiger partial charge on any atom is -0.362 e. The SMILES string of the molecule is CCC1=C(C(=O)n2ccnc2)C(c2ccc([N+](=O)[O-])cc2)C(C(=O)NO)=C(C)N1. The average Bonchev–Trinajstić information content (AvgIpc) is 3.26. The number of hydrogen-bond donors (Lipinski definition) is 3. The molecule has 10 heteroatoms. The van der Waals surface area contributed by atoms with Crippen LogP contribution in [0.15, 0.2) is 65.5 Å². The molecule has 1 amide bonds. The topological polar surface area (TPSA) is 139 Å². The number of dihydropyridines is 1. The second-order valence-electron chi connectivity index (χ2n) is 6.41. The number of amides is 1. The highest BCUT2D eigenvalue weighted by molar-refractivity contribution is 6.04. The first-order valence-electron chi connectivity index (χ1n) is 8.81. The molecule has 0 fully saturated rings. The van der Waals surface area contributed by atoms with Crippen molar-refractivity contribution in [2.24, 2.45) is 0 Å². The number of nitrogens with one attached hydrogen (secondary N) is 2. The Labute approximate surface area is 165 Å². The Kier molecular flexibility index (Phi) is 5.55. The summed E-state index contributed by atoms with van der Waals surface area (Å²) in [7, 11) is 0. The maximum absolute atomic E-state index is 13.3. The molecule has 2 aromatic rings. The van der Waals surface area contributed by atoms with Crippen molar-refractivity contribution in [3.05, 3.63) is 81.2 Å². The Morgan fingerprint density at radius 3 is 2.52 bits per heavy atom. The van der Waals surface area contributed by atoms with Crippen molar-refractivity contribution < 1.29 is 19.7 Å². The van der Waals surface area contributed by atoms with Crippen LogP contribution < -0.4 is 10.8 Å². The zero-order valence-corrected chi connectivity index (χ0v) is 15.7. The van der Waals surface area contributed by atoms with Gasteiger partial charge in [0.2, 0.25) is 0 Å². The fourth-order valence-electron chi connectivity index (χ4n) is 3.43. The number of nitro groups is 1. The number of nitro benzene ring substituents is 1. The first-order chi connectivity index (χ1) is 13.9. The fraction of sp³-hybridized carbons (Fsp3) is 0.211. The predicted molar refractivity (Wildman–Crippen MR) is 102 cm³/mol. The lowest BCUT2D eigenvalue weighted by Crippen LogP contribution is -2.36. The Bertz CT molecular complexity index is 1020. The van der Waals surface area contributed by atoms with E-state index in [1.807, 2.05) is 6.92 Å². The summed E-state index contributed by atoms with van der Waals surface area (Å²) >= 11 is 0. The summed E-state index contributed by atoms with van der Waals surface area (Å²) < 4.78 is 1.29. The number of benzene rings is 1. The number of nitrogens with zero attached hydrogens (tertiary/aromatic N) is 3. The summed E-state index contributed by atoms with van der Waals surface area (Å²) in [5.74, 6) is -2.01. The molecule has 0 aliphatic carbocycles. The van der Waals surface area contributed by atoms with Crippen LogP contribution in [-0.2, 0) is 4.79 Å². The van der Waals surface area contributed by atoms with Gasteiger partial charge in [0.1, 0.15) is 6.33 Å². The van der Waals surface area contributed by atoms with Crippen LogP contribution in [0.2, 0.25) is 0 Å². The summed E-state index contributed by atoms with van der Waals surface area (Å²) in [6, 6.07) is 5.62. The Balaban J connectivity index is 2.22. The molecule has 1 aromatic carbocycles. The van der Waals surface area contributed by atoms with Crippen LogP contribution in [0.3, 0.4) is 0 Å². The molecule has 3 N–H and O–H groups in total. The molecule has 3 rings (SSSR count).